The number of hydrogen-bond donors (Lipinski definition) is 0. The number of carbonyl (C=O) groups excluding carboxylic acids is 1. The molecule has 0 bridgehead atoms. The molecule has 0 saturated carbocycles. The highest BCUT2D eigenvalue weighted by atomic mass is 32.2. The molecule has 8 heteroatoms. The molecule has 1 saturated heterocycles. The van der Waals surface area contributed by atoms with Crippen LogP contribution >= 0.6 is 11.8 Å². The van der Waals surface area contributed by atoms with Gasteiger partial charge in [-0.05, 0) is 44.7 Å². The number of amides is 1. The van der Waals surface area contributed by atoms with Gasteiger partial charge in [0.2, 0.25) is 11.7 Å². The van der Waals surface area contributed by atoms with Gasteiger partial charge in [0.1, 0.15) is 0 Å². The Hall–Kier alpha value is -2.61. The summed E-state index contributed by atoms with van der Waals surface area (Å²) in [5.41, 5.74) is 0.625. The van der Waals surface area contributed by atoms with Crippen LogP contribution in [0.1, 0.15) is 39.5 Å². The average Bonchev–Trinajstić information content (AvgIpc) is 3.19. The zero-order chi connectivity index (χ0) is 21.3. The second-order valence-corrected chi connectivity index (χ2v) is 9.00. The zero-order valence-corrected chi connectivity index (χ0v) is 18.3. The lowest BCUT2D eigenvalue weighted by Crippen LogP contribution is -2.46. The number of allylic oxidation sites excluding steroid dienone is 1. The number of rotatable bonds is 6. The predicted molar refractivity (Wildman–Crippen MR) is 120 cm³/mol. The third-order valence-corrected chi connectivity index (χ3v) is 6.83. The Morgan fingerprint density at radius 2 is 2.13 bits per heavy atom. The van der Waals surface area contributed by atoms with Crippen LogP contribution < -0.4 is 5.56 Å². The molecule has 1 aliphatic rings. The van der Waals surface area contributed by atoms with Crippen LogP contribution in [0.3, 0.4) is 0 Å². The summed E-state index contributed by atoms with van der Waals surface area (Å²) in [5.74, 6) is 0.608. The van der Waals surface area contributed by atoms with Crippen molar-refractivity contribution in [3.63, 3.8) is 0 Å². The summed E-state index contributed by atoms with van der Waals surface area (Å²) in [4.78, 5) is 28.1. The third kappa shape index (κ3) is 3.53. The number of hydrogen-bond acceptors (Lipinski definition) is 5. The average molecular weight is 426 g/mol. The Labute approximate surface area is 179 Å². The zero-order valence-electron chi connectivity index (χ0n) is 17.5. The van der Waals surface area contributed by atoms with Crippen LogP contribution in [0.15, 0.2) is 46.9 Å². The number of fused-ring (bicyclic) bond motifs is 3. The lowest BCUT2D eigenvalue weighted by molar-refractivity contribution is -0.134. The lowest BCUT2D eigenvalue weighted by atomic mass is 10.00. The van der Waals surface area contributed by atoms with Gasteiger partial charge in [-0.2, -0.15) is 0 Å². The standard InChI is InChI=1S/C22H27N5O2S/c1-4-13-26-20(29)17-11-6-7-12-18(17)27-21(26)23-24-22(27)30-15(3)19(28)25-14-9-8-10-16(25)5-2/h4,6-7,11-12,15-16H,1,5,8-10,13-14H2,2-3H3. The summed E-state index contributed by atoms with van der Waals surface area (Å²) in [7, 11) is 0. The number of thioether (sulfide) groups is 1. The van der Waals surface area contributed by atoms with E-state index in [1.54, 1.807) is 16.7 Å². The summed E-state index contributed by atoms with van der Waals surface area (Å²) in [6.07, 6.45) is 5.98. The molecule has 3 aromatic rings. The monoisotopic (exact) mass is 425 g/mol. The number of para-hydroxylation sites is 1. The van der Waals surface area contributed by atoms with Gasteiger partial charge in [-0.1, -0.05) is 36.9 Å². The van der Waals surface area contributed by atoms with E-state index in [1.165, 1.54) is 18.2 Å². The molecule has 0 aliphatic carbocycles. The van der Waals surface area contributed by atoms with E-state index < -0.39 is 0 Å². The highest BCUT2D eigenvalue weighted by molar-refractivity contribution is 8.00. The van der Waals surface area contributed by atoms with Crippen molar-refractivity contribution in [1.29, 1.82) is 0 Å². The molecule has 0 N–H and O–H groups in total. The Morgan fingerprint density at radius 1 is 1.33 bits per heavy atom. The minimum atomic E-state index is -0.289. The second-order valence-electron chi connectivity index (χ2n) is 7.69. The number of nitrogens with zero attached hydrogens (tertiary/aromatic N) is 5. The first kappa shape index (κ1) is 20.7. The predicted octanol–water partition coefficient (Wildman–Crippen LogP) is 3.50. The number of aromatic nitrogens is 4. The summed E-state index contributed by atoms with van der Waals surface area (Å²) in [6, 6.07) is 7.75. The van der Waals surface area contributed by atoms with E-state index >= 15 is 0 Å². The van der Waals surface area contributed by atoms with Gasteiger partial charge in [-0.15, -0.1) is 16.8 Å². The van der Waals surface area contributed by atoms with Crippen LogP contribution in [0.5, 0.6) is 0 Å². The van der Waals surface area contributed by atoms with Crippen LogP contribution in [0.25, 0.3) is 16.7 Å². The maximum Gasteiger partial charge on any atom is 0.263 e. The van der Waals surface area contributed by atoms with Crippen LogP contribution in [-0.2, 0) is 11.3 Å². The molecule has 1 fully saturated rings. The molecular weight excluding hydrogens is 398 g/mol. The summed E-state index contributed by atoms with van der Waals surface area (Å²) < 4.78 is 3.44. The third-order valence-electron chi connectivity index (χ3n) is 5.80. The minimum absolute atomic E-state index is 0.120. The quantitative estimate of drug-likeness (QED) is 0.446. The maximum absolute atomic E-state index is 13.2. The number of carbonyl (C=O) groups is 1. The Morgan fingerprint density at radius 3 is 2.90 bits per heavy atom. The molecule has 2 unspecified atom stereocenters. The van der Waals surface area contributed by atoms with Crippen LogP contribution in [-0.4, -0.2) is 47.8 Å². The Bertz CT molecular complexity index is 1150. The van der Waals surface area contributed by atoms with Gasteiger partial charge < -0.3 is 4.90 Å². The van der Waals surface area contributed by atoms with Gasteiger partial charge in [0.15, 0.2) is 5.16 Å². The molecule has 7 nitrogen and oxygen atoms in total. The highest BCUT2D eigenvalue weighted by Crippen LogP contribution is 2.28. The summed E-state index contributed by atoms with van der Waals surface area (Å²) >= 11 is 1.40. The van der Waals surface area contributed by atoms with Gasteiger partial charge in [-0.3, -0.25) is 18.6 Å². The largest absolute Gasteiger partial charge is 0.339 e. The van der Waals surface area contributed by atoms with Crippen molar-refractivity contribution in [2.24, 2.45) is 0 Å². The fraction of sp³-hybridized carbons (Fsp3) is 0.455. The van der Waals surface area contributed by atoms with Gasteiger partial charge >= 0.3 is 0 Å². The van der Waals surface area contributed by atoms with E-state index in [2.05, 4.69) is 23.7 Å². The van der Waals surface area contributed by atoms with Crippen molar-refractivity contribution in [2.75, 3.05) is 6.54 Å². The maximum atomic E-state index is 13.2. The van der Waals surface area contributed by atoms with E-state index in [0.29, 0.717) is 28.9 Å². The van der Waals surface area contributed by atoms with Gasteiger partial charge in [0, 0.05) is 19.1 Å². The van der Waals surface area contributed by atoms with Crippen molar-refractivity contribution in [3.05, 3.63) is 47.3 Å². The molecule has 158 valence electrons. The SMILES string of the molecule is C=CCn1c(=O)c2ccccc2n2c(SC(C)C(=O)N3CCCCC3CC)nnc12. The molecule has 1 amide bonds. The molecule has 2 atom stereocenters. The number of piperidine rings is 1. The van der Waals surface area contributed by atoms with Crippen molar-refractivity contribution >= 4 is 34.3 Å². The summed E-state index contributed by atoms with van der Waals surface area (Å²) in [6.45, 7) is 9.00. The molecule has 1 aromatic carbocycles. The van der Waals surface area contributed by atoms with Crippen molar-refractivity contribution in [2.45, 2.75) is 62.5 Å². The van der Waals surface area contributed by atoms with E-state index in [9.17, 15) is 9.59 Å². The van der Waals surface area contributed by atoms with Crippen LogP contribution in [0.2, 0.25) is 0 Å². The summed E-state index contributed by atoms with van der Waals surface area (Å²) in [5, 5.41) is 9.55. The molecular formula is C22H27N5O2S. The first-order valence-electron chi connectivity index (χ1n) is 10.5. The molecule has 4 rings (SSSR count). The molecule has 0 radical (unpaired) electrons. The molecule has 0 spiro atoms. The van der Waals surface area contributed by atoms with E-state index in [1.807, 2.05) is 34.4 Å². The highest BCUT2D eigenvalue weighted by Gasteiger charge is 2.30. The van der Waals surface area contributed by atoms with Crippen LogP contribution in [0.4, 0.5) is 0 Å². The smallest absolute Gasteiger partial charge is 0.263 e. The number of likely N-dealkylation sites (tertiary alicyclic amines) is 1. The Balaban J connectivity index is 1.74. The molecule has 2 aromatic heterocycles. The van der Waals surface area contributed by atoms with Gasteiger partial charge in [0.25, 0.3) is 5.56 Å². The molecule has 30 heavy (non-hydrogen) atoms. The molecule has 1 aliphatic heterocycles. The fourth-order valence-corrected chi connectivity index (χ4v) is 5.19. The molecule has 3 heterocycles. The normalized spacial score (nSPS) is 18.1. The second kappa shape index (κ2) is 8.63. The van der Waals surface area contributed by atoms with Crippen LogP contribution in [0, 0.1) is 0 Å². The first-order chi connectivity index (χ1) is 14.6. The van der Waals surface area contributed by atoms with Gasteiger partial charge in [-0.25, -0.2) is 0 Å². The van der Waals surface area contributed by atoms with Gasteiger partial charge in [0.05, 0.1) is 16.2 Å². The van der Waals surface area contributed by atoms with E-state index in [-0.39, 0.29) is 16.7 Å². The van der Waals surface area contributed by atoms with Crippen molar-refractivity contribution < 1.29 is 4.79 Å². The first-order valence-corrected chi connectivity index (χ1v) is 11.4. The number of benzene rings is 1. The van der Waals surface area contributed by atoms with Crippen molar-refractivity contribution in [3.8, 4) is 0 Å². The van der Waals surface area contributed by atoms with E-state index in [0.717, 1.165) is 31.3 Å². The minimum Gasteiger partial charge on any atom is -0.339 e. The lowest BCUT2D eigenvalue weighted by Gasteiger charge is -2.36. The topological polar surface area (TPSA) is 72.5 Å². The van der Waals surface area contributed by atoms with Crippen molar-refractivity contribution in [1.82, 2.24) is 24.1 Å². The van der Waals surface area contributed by atoms with E-state index in [4.69, 9.17) is 0 Å². The Kier molecular flexibility index (Phi) is 5.94. The fourth-order valence-electron chi connectivity index (χ4n) is 4.26.